The van der Waals surface area contributed by atoms with Crippen LogP contribution in [0.25, 0.3) is 0 Å². The zero-order valence-corrected chi connectivity index (χ0v) is 15.9. The summed E-state index contributed by atoms with van der Waals surface area (Å²) in [5, 5.41) is 18.0. The molecule has 0 spiro atoms. The van der Waals surface area contributed by atoms with Crippen LogP contribution in [-0.2, 0) is 15.6 Å². The molecule has 11 heteroatoms. The van der Waals surface area contributed by atoms with E-state index in [4.69, 9.17) is 14.9 Å². The molecule has 0 saturated carbocycles. The summed E-state index contributed by atoms with van der Waals surface area (Å²) in [4.78, 5) is 23.9. The first kappa shape index (κ1) is 25.4. The number of esters is 1. The monoisotopic (exact) mass is 414 g/mol. The fraction of sp³-hybridized carbons (Fsp3) is 0.500. The van der Waals surface area contributed by atoms with E-state index in [1.165, 1.54) is 0 Å². The van der Waals surface area contributed by atoms with E-state index >= 15 is 0 Å². The smallest absolute Gasteiger partial charge is 0.459 e. The van der Waals surface area contributed by atoms with E-state index in [0.29, 0.717) is 28.4 Å². The number of rotatable bonds is 9. The first-order valence-electron chi connectivity index (χ1n) is 8.05. The molecule has 0 bridgehead atoms. The lowest BCUT2D eigenvalue weighted by atomic mass is 10.1. The number of ether oxygens (including phenoxy) is 1. The summed E-state index contributed by atoms with van der Waals surface area (Å²) < 4.78 is 44.1. The lowest BCUT2D eigenvalue weighted by molar-refractivity contribution is 0.0377. The number of Topliss-reactive ketones (excluding diaryl/α,β-unsaturated/α-hetero) is 1. The normalized spacial score (nSPS) is 11.2. The molecule has 0 atom stereocenters. The first-order chi connectivity index (χ1) is 12.5. The average Bonchev–Trinajstić information content (AvgIpc) is 2.53. The van der Waals surface area contributed by atoms with E-state index in [-0.39, 0.29) is 36.0 Å². The van der Waals surface area contributed by atoms with Gasteiger partial charge in [-0.2, -0.15) is 0 Å². The number of carbonyl (C=O) groups excluding carboxylic acids is 2. The highest BCUT2D eigenvalue weighted by molar-refractivity contribution is 7.97. The quantitative estimate of drug-likeness (QED) is 0.213. The third-order valence-corrected chi connectivity index (χ3v) is 5.07. The number of hydrogen-bond acceptors (Lipinski definition) is 5. The summed E-state index contributed by atoms with van der Waals surface area (Å²) in [6, 6.07) is 6.37. The average molecular weight is 414 g/mol. The number of benzene rings is 1. The summed E-state index contributed by atoms with van der Waals surface area (Å²) in [7, 11) is -6.32. The maximum Gasteiger partial charge on any atom is 0.673 e. The van der Waals surface area contributed by atoms with Crippen molar-refractivity contribution < 1.29 is 41.8 Å². The molecular formula is C16H23BF4O5S. The molecule has 0 unspecified atom stereocenters. The van der Waals surface area contributed by atoms with Gasteiger partial charge in [0, 0.05) is 16.5 Å². The van der Waals surface area contributed by atoms with E-state index in [1.54, 1.807) is 38.1 Å². The van der Waals surface area contributed by atoms with Crippen molar-refractivity contribution in [1.82, 2.24) is 0 Å². The van der Waals surface area contributed by atoms with Crippen molar-refractivity contribution >= 4 is 29.9 Å². The molecule has 0 aliphatic carbocycles. The number of hydrogen-bond donors (Lipinski definition) is 2. The highest BCUT2D eigenvalue weighted by atomic mass is 32.2. The van der Waals surface area contributed by atoms with Gasteiger partial charge in [-0.05, 0) is 26.0 Å². The van der Waals surface area contributed by atoms with Crippen LogP contribution in [0.2, 0.25) is 0 Å². The summed E-state index contributed by atoms with van der Waals surface area (Å²) >= 11 is 0. The second-order valence-electron chi connectivity index (χ2n) is 5.56. The second kappa shape index (κ2) is 12.7. The Morgan fingerprint density at radius 1 is 1.00 bits per heavy atom. The largest absolute Gasteiger partial charge is 0.673 e. The van der Waals surface area contributed by atoms with Gasteiger partial charge in [0.2, 0.25) is 5.78 Å². The maximum absolute atomic E-state index is 12.2. The molecule has 0 radical (unpaired) electrons. The SMILES string of the molecule is CC(C)OC(=O)c1ccc(C(=O)C[S+](CCO)CCO)cc1.F[B-](F)(F)F. The zero-order valence-electron chi connectivity index (χ0n) is 15.0. The number of carbonyl (C=O) groups is 2. The molecule has 0 aromatic heterocycles. The summed E-state index contributed by atoms with van der Waals surface area (Å²) in [6.45, 7) is 3.57. The van der Waals surface area contributed by atoms with Gasteiger partial charge in [-0.15, -0.1) is 0 Å². The minimum atomic E-state index is -6.00. The Hall–Kier alpha value is -1.59. The van der Waals surface area contributed by atoms with Crippen LogP contribution in [-0.4, -0.2) is 65.8 Å². The predicted molar refractivity (Wildman–Crippen MR) is 97.6 cm³/mol. The lowest BCUT2D eigenvalue weighted by Crippen LogP contribution is -2.25. The van der Waals surface area contributed by atoms with Crippen LogP contribution in [0.3, 0.4) is 0 Å². The summed E-state index contributed by atoms with van der Waals surface area (Å²) in [5.41, 5.74) is 0.935. The van der Waals surface area contributed by atoms with Crippen molar-refractivity contribution in [2.45, 2.75) is 20.0 Å². The van der Waals surface area contributed by atoms with E-state index in [9.17, 15) is 26.9 Å². The van der Waals surface area contributed by atoms with Gasteiger partial charge in [0.1, 0.15) is 11.5 Å². The fourth-order valence-electron chi connectivity index (χ4n) is 1.85. The van der Waals surface area contributed by atoms with Gasteiger partial charge in [0.15, 0.2) is 5.75 Å². The Kier molecular flexibility index (Phi) is 12.0. The Bertz CT molecular complexity index is 569. The highest BCUT2D eigenvalue weighted by Gasteiger charge is 2.23. The van der Waals surface area contributed by atoms with Gasteiger partial charge in [0.05, 0.1) is 24.9 Å². The molecule has 1 aromatic carbocycles. The Morgan fingerprint density at radius 3 is 1.78 bits per heavy atom. The molecule has 1 rings (SSSR count). The molecule has 0 amide bonds. The van der Waals surface area contributed by atoms with Gasteiger partial charge >= 0.3 is 13.2 Å². The first-order valence-corrected chi connectivity index (χ1v) is 9.78. The number of halogens is 4. The molecule has 27 heavy (non-hydrogen) atoms. The van der Waals surface area contributed by atoms with Crippen molar-refractivity contribution in [3.05, 3.63) is 35.4 Å². The highest BCUT2D eigenvalue weighted by Crippen LogP contribution is 2.10. The second-order valence-corrected chi connectivity index (χ2v) is 7.89. The maximum atomic E-state index is 12.2. The molecule has 0 fully saturated rings. The number of aliphatic hydroxyl groups excluding tert-OH is 2. The van der Waals surface area contributed by atoms with Crippen LogP contribution < -0.4 is 0 Å². The summed E-state index contributed by atoms with van der Waals surface area (Å²) in [5.74, 6) is 0.885. The van der Waals surface area contributed by atoms with Crippen LogP contribution in [0, 0.1) is 0 Å². The van der Waals surface area contributed by atoms with Crippen molar-refractivity contribution in [3.63, 3.8) is 0 Å². The standard InChI is InChI=1S/C16H23O5S.BF4/c1-12(2)21-16(20)14-5-3-13(4-6-14)15(19)11-22(9-7-17)10-8-18;2-1(3,4)5/h3-6,12,17-18H,7-11H2,1-2H3;/q+1;-1. The van der Waals surface area contributed by atoms with Gasteiger partial charge < -0.3 is 32.2 Å². The third kappa shape index (κ3) is 13.3. The Morgan fingerprint density at radius 2 is 1.41 bits per heavy atom. The minimum absolute atomic E-state index is 0.0103. The predicted octanol–water partition coefficient (Wildman–Crippen LogP) is 2.34. The van der Waals surface area contributed by atoms with Crippen molar-refractivity contribution in [3.8, 4) is 0 Å². The van der Waals surface area contributed by atoms with Gasteiger partial charge in [-0.1, -0.05) is 12.1 Å². The van der Waals surface area contributed by atoms with E-state index in [0.717, 1.165) is 0 Å². The van der Waals surface area contributed by atoms with Crippen LogP contribution in [0.4, 0.5) is 17.3 Å². The summed E-state index contributed by atoms with van der Waals surface area (Å²) in [6.07, 6.45) is -0.187. The van der Waals surface area contributed by atoms with E-state index < -0.39 is 13.2 Å². The lowest BCUT2D eigenvalue weighted by Gasteiger charge is -2.08. The molecule has 0 aliphatic rings. The van der Waals surface area contributed by atoms with Crippen molar-refractivity contribution in [1.29, 1.82) is 0 Å². The number of aliphatic hydroxyl groups is 2. The van der Waals surface area contributed by atoms with Gasteiger partial charge in [-0.25, -0.2) is 4.79 Å². The topological polar surface area (TPSA) is 83.8 Å². The molecular weight excluding hydrogens is 391 g/mol. The zero-order chi connectivity index (χ0) is 21.0. The van der Waals surface area contributed by atoms with Crippen molar-refractivity contribution in [2.24, 2.45) is 0 Å². The number of ketones is 1. The Balaban J connectivity index is 0.00000119. The fourth-order valence-corrected chi connectivity index (χ4v) is 3.39. The van der Waals surface area contributed by atoms with Crippen LogP contribution in [0.15, 0.2) is 24.3 Å². The minimum Gasteiger partial charge on any atom is -0.459 e. The van der Waals surface area contributed by atoms with Crippen molar-refractivity contribution in [2.75, 3.05) is 30.5 Å². The van der Waals surface area contributed by atoms with Gasteiger partial charge in [0.25, 0.3) is 0 Å². The van der Waals surface area contributed by atoms with E-state index in [1.807, 2.05) is 0 Å². The Labute approximate surface area is 158 Å². The molecule has 1 aromatic rings. The molecule has 0 aliphatic heterocycles. The van der Waals surface area contributed by atoms with E-state index in [2.05, 4.69) is 0 Å². The van der Waals surface area contributed by atoms with Crippen LogP contribution in [0.5, 0.6) is 0 Å². The molecule has 154 valence electrons. The third-order valence-electron chi connectivity index (χ3n) is 2.88. The molecule has 5 nitrogen and oxygen atoms in total. The van der Waals surface area contributed by atoms with Gasteiger partial charge in [-0.3, -0.25) is 4.79 Å². The molecule has 0 heterocycles. The van der Waals surface area contributed by atoms with Crippen LogP contribution in [0.1, 0.15) is 34.6 Å². The molecule has 2 N–H and O–H groups in total. The van der Waals surface area contributed by atoms with Crippen LogP contribution >= 0.6 is 0 Å². The molecule has 0 saturated heterocycles.